The van der Waals surface area contributed by atoms with Gasteiger partial charge < -0.3 is 4.52 Å². The van der Waals surface area contributed by atoms with Crippen LogP contribution in [0, 0.1) is 5.92 Å². The van der Waals surface area contributed by atoms with Gasteiger partial charge in [0.2, 0.25) is 0 Å². The quantitative estimate of drug-likeness (QED) is 0.602. The van der Waals surface area contributed by atoms with Crippen molar-refractivity contribution in [3.8, 4) is 0 Å². The molecule has 0 saturated carbocycles. The summed E-state index contributed by atoms with van der Waals surface area (Å²) in [6.45, 7) is 4.37. The lowest BCUT2D eigenvalue weighted by molar-refractivity contribution is -0.133. The maximum atomic E-state index is 10.6. The molecule has 11 heavy (non-hydrogen) atoms. The highest BCUT2D eigenvalue weighted by Gasteiger charge is 2.02. The molecule has 0 aliphatic heterocycles. The first kappa shape index (κ1) is 10.9. The molecule has 2 atom stereocenters. The van der Waals surface area contributed by atoms with Crippen molar-refractivity contribution in [1.29, 1.82) is 0 Å². The van der Waals surface area contributed by atoms with Crippen molar-refractivity contribution in [2.75, 3.05) is 0 Å². The van der Waals surface area contributed by atoms with Crippen LogP contribution in [0.5, 0.6) is 0 Å². The van der Waals surface area contributed by atoms with E-state index in [2.05, 4.69) is 18.4 Å². The Bertz CT molecular complexity index is 115. The van der Waals surface area contributed by atoms with Crippen LogP contribution in [0.1, 0.15) is 39.5 Å². The molecule has 0 spiro atoms. The smallest absolute Gasteiger partial charge is 0.307 e. The summed E-state index contributed by atoms with van der Waals surface area (Å²) in [7, 11) is 1.98. The average molecular weight is 176 g/mol. The fraction of sp³-hybridized carbons (Fsp3) is 0.875. The van der Waals surface area contributed by atoms with E-state index >= 15 is 0 Å². The highest BCUT2D eigenvalue weighted by Crippen LogP contribution is 2.11. The number of hydrogen-bond acceptors (Lipinski definition) is 2. The first-order valence-corrected chi connectivity index (χ1v) is 4.57. The van der Waals surface area contributed by atoms with Gasteiger partial charge in [-0.15, -0.1) is 0 Å². The van der Waals surface area contributed by atoms with Crippen LogP contribution in [0.2, 0.25) is 0 Å². The van der Waals surface area contributed by atoms with Gasteiger partial charge in [0.25, 0.3) is 0 Å². The van der Waals surface area contributed by atoms with Crippen LogP contribution in [-0.2, 0) is 9.32 Å². The molecule has 0 rings (SSSR count). The third-order valence-corrected chi connectivity index (χ3v) is 2.17. The molecular weight excluding hydrogens is 159 g/mol. The lowest BCUT2D eigenvalue weighted by atomic mass is 10.0. The van der Waals surface area contributed by atoms with Crippen molar-refractivity contribution in [2.45, 2.75) is 39.5 Å². The van der Waals surface area contributed by atoms with Crippen LogP contribution in [0.15, 0.2) is 0 Å². The molecule has 0 radical (unpaired) electrons. The Labute approximate surface area is 71.0 Å². The Hall–Kier alpha value is -0.100. The molecule has 66 valence electrons. The zero-order valence-electron chi connectivity index (χ0n) is 7.30. The van der Waals surface area contributed by atoms with Gasteiger partial charge in [0.05, 0.1) is 9.47 Å². The summed E-state index contributed by atoms with van der Waals surface area (Å²) >= 11 is 0. The standard InChI is InChI=1S/C8H17O2P/c1-3-7(2)5-4-6-8(9)10-11/h7H,3-6,11H2,1-2H3. The van der Waals surface area contributed by atoms with Gasteiger partial charge in [-0.2, -0.15) is 0 Å². The summed E-state index contributed by atoms with van der Waals surface area (Å²) < 4.78 is 4.44. The van der Waals surface area contributed by atoms with E-state index in [-0.39, 0.29) is 5.97 Å². The molecule has 0 aromatic rings. The third kappa shape index (κ3) is 6.30. The summed E-state index contributed by atoms with van der Waals surface area (Å²) in [5, 5.41) is 0. The maximum absolute atomic E-state index is 10.6. The van der Waals surface area contributed by atoms with Gasteiger partial charge in [-0.1, -0.05) is 26.7 Å². The van der Waals surface area contributed by atoms with E-state index in [4.69, 9.17) is 0 Å². The van der Waals surface area contributed by atoms with Gasteiger partial charge >= 0.3 is 5.97 Å². The molecule has 0 aliphatic carbocycles. The molecule has 2 nitrogen and oxygen atoms in total. The normalized spacial score (nSPS) is 12.6. The van der Waals surface area contributed by atoms with E-state index < -0.39 is 0 Å². The van der Waals surface area contributed by atoms with Crippen LogP contribution in [0.25, 0.3) is 0 Å². The van der Waals surface area contributed by atoms with Crippen molar-refractivity contribution in [1.82, 2.24) is 0 Å². The van der Waals surface area contributed by atoms with Gasteiger partial charge in [-0.3, -0.25) is 4.79 Å². The van der Waals surface area contributed by atoms with E-state index in [1.807, 2.05) is 9.47 Å². The Morgan fingerprint density at radius 2 is 2.27 bits per heavy atom. The highest BCUT2D eigenvalue weighted by molar-refractivity contribution is 7.10. The summed E-state index contributed by atoms with van der Waals surface area (Å²) in [6, 6.07) is 0. The maximum Gasteiger partial charge on any atom is 0.307 e. The fourth-order valence-corrected chi connectivity index (χ4v) is 0.976. The summed E-state index contributed by atoms with van der Waals surface area (Å²) in [5.41, 5.74) is 0. The van der Waals surface area contributed by atoms with Crippen LogP contribution in [-0.4, -0.2) is 5.97 Å². The van der Waals surface area contributed by atoms with E-state index in [0.29, 0.717) is 6.42 Å². The minimum Gasteiger partial charge on any atom is -0.452 e. The van der Waals surface area contributed by atoms with E-state index in [0.717, 1.165) is 18.8 Å². The molecular formula is C8H17O2P. The Morgan fingerprint density at radius 3 is 2.73 bits per heavy atom. The van der Waals surface area contributed by atoms with Crippen LogP contribution >= 0.6 is 9.47 Å². The number of rotatable bonds is 5. The molecule has 0 aromatic carbocycles. The lowest BCUT2D eigenvalue weighted by Crippen LogP contribution is -1.98. The topological polar surface area (TPSA) is 26.3 Å². The van der Waals surface area contributed by atoms with Crippen LogP contribution in [0.4, 0.5) is 0 Å². The molecule has 2 unspecified atom stereocenters. The van der Waals surface area contributed by atoms with Gasteiger partial charge in [0.1, 0.15) is 0 Å². The predicted octanol–water partition coefficient (Wildman–Crippen LogP) is 2.54. The molecule has 0 bridgehead atoms. The van der Waals surface area contributed by atoms with Crippen LogP contribution < -0.4 is 0 Å². The van der Waals surface area contributed by atoms with Crippen molar-refractivity contribution < 1.29 is 9.32 Å². The summed E-state index contributed by atoms with van der Waals surface area (Å²) in [5.74, 6) is 0.602. The monoisotopic (exact) mass is 176 g/mol. The summed E-state index contributed by atoms with van der Waals surface area (Å²) in [6.07, 6.45) is 3.81. The Morgan fingerprint density at radius 1 is 1.64 bits per heavy atom. The first-order valence-electron chi connectivity index (χ1n) is 4.10. The van der Waals surface area contributed by atoms with Crippen molar-refractivity contribution in [3.05, 3.63) is 0 Å². The molecule has 0 aromatic heterocycles. The minimum absolute atomic E-state index is 0.127. The zero-order chi connectivity index (χ0) is 8.69. The van der Waals surface area contributed by atoms with E-state index in [1.165, 1.54) is 6.42 Å². The average Bonchev–Trinajstić information content (AvgIpc) is 2.04. The zero-order valence-corrected chi connectivity index (χ0v) is 8.45. The predicted molar refractivity (Wildman–Crippen MR) is 49.1 cm³/mol. The number of hydrogen-bond donors (Lipinski definition) is 0. The largest absolute Gasteiger partial charge is 0.452 e. The van der Waals surface area contributed by atoms with Crippen molar-refractivity contribution in [3.63, 3.8) is 0 Å². The van der Waals surface area contributed by atoms with Crippen molar-refractivity contribution >= 4 is 15.4 Å². The minimum atomic E-state index is -0.127. The molecule has 0 fully saturated rings. The van der Waals surface area contributed by atoms with Gasteiger partial charge in [0.15, 0.2) is 0 Å². The van der Waals surface area contributed by atoms with Gasteiger partial charge in [0, 0.05) is 6.42 Å². The second kappa shape index (κ2) is 6.60. The molecule has 0 saturated heterocycles. The van der Waals surface area contributed by atoms with E-state index in [9.17, 15) is 4.79 Å². The van der Waals surface area contributed by atoms with Gasteiger partial charge in [-0.05, 0) is 12.3 Å². The molecule has 0 N–H and O–H groups in total. The summed E-state index contributed by atoms with van der Waals surface area (Å²) in [4.78, 5) is 10.6. The fourth-order valence-electron chi connectivity index (χ4n) is 0.858. The molecule has 3 heteroatoms. The van der Waals surface area contributed by atoms with Gasteiger partial charge in [-0.25, -0.2) is 0 Å². The SMILES string of the molecule is CCC(C)CCCC(=O)OP. The third-order valence-electron chi connectivity index (χ3n) is 1.91. The highest BCUT2D eigenvalue weighted by atomic mass is 31.0. The Balaban J connectivity index is 3.20. The van der Waals surface area contributed by atoms with Crippen LogP contribution in [0.3, 0.4) is 0 Å². The van der Waals surface area contributed by atoms with Crippen molar-refractivity contribution in [2.24, 2.45) is 5.92 Å². The molecule has 0 amide bonds. The lowest BCUT2D eigenvalue weighted by Gasteiger charge is -2.05. The second-order valence-corrected chi connectivity index (χ2v) is 3.13. The Kier molecular flexibility index (Phi) is 6.54. The second-order valence-electron chi connectivity index (χ2n) is 2.90. The van der Waals surface area contributed by atoms with E-state index in [1.54, 1.807) is 0 Å². The number of carbonyl (C=O) groups is 1. The number of carbonyl (C=O) groups excluding carboxylic acids is 1. The first-order chi connectivity index (χ1) is 5.20. The molecule has 0 heterocycles. The molecule has 0 aliphatic rings.